The third kappa shape index (κ3) is 7.66. The van der Waals surface area contributed by atoms with Crippen LogP contribution in [0.5, 0.6) is 11.5 Å². The fourth-order valence-corrected chi connectivity index (χ4v) is 5.24. The van der Waals surface area contributed by atoms with Crippen LogP contribution >= 0.6 is 27.3 Å². The van der Waals surface area contributed by atoms with E-state index in [1.807, 2.05) is 0 Å². The van der Waals surface area contributed by atoms with Crippen LogP contribution in [-0.4, -0.2) is 32.3 Å². The molecule has 0 fully saturated rings. The van der Waals surface area contributed by atoms with E-state index in [1.165, 1.54) is 12.1 Å². The lowest BCUT2D eigenvalue weighted by Crippen LogP contribution is -2.15. The highest BCUT2D eigenvalue weighted by Crippen LogP contribution is 2.46. The van der Waals surface area contributed by atoms with E-state index in [2.05, 4.69) is 15.9 Å². The Balaban J connectivity index is 1.90. The van der Waals surface area contributed by atoms with Crippen molar-refractivity contribution in [3.05, 3.63) is 68.5 Å². The molecule has 0 aliphatic carbocycles. The normalized spacial score (nSPS) is 11.7. The van der Waals surface area contributed by atoms with Crippen LogP contribution in [0.15, 0.2) is 46.9 Å². The van der Waals surface area contributed by atoms with Crippen molar-refractivity contribution in [2.45, 2.75) is 25.9 Å². The third-order valence-corrected chi connectivity index (χ3v) is 7.19. The molecular weight excluding hydrogens is 622 g/mol. The molecule has 0 saturated heterocycles. The Bertz CT molecular complexity index is 1320. The van der Waals surface area contributed by atoms with Gasteiger partial charge >= 0.3 is 24.3 Å². The molecule has 2 aromatic carbocycles. The molecule has 0 radical (unpaired) electrons. The number of hydrogen-bond donors (Lipinski definition) is 0. The molecule has 6 nitrogen and oxygen atoms in total. The number of esters is 2. The number of thiophene rings is 1. The number of benzene rings is 2. The van der Waals surface area contributed by atoms with Gasteiger partial charge in [0.05, 0.1) is 34.2 Å². The Kier molecular flexibility index (Phi) is 9.54. The number of hydrogen-bond acceptors (Lipinski definition) is 7. The second kappa shape index (κ2) is 12.3. The van der Waals surface area contributed by atoms with Crippen LogP contribution in [0.1, 0.15) is 33.3 Å². The van der Waals surface area contributed by atoms with Crippen LogP contribution < -0.4 is 9.47 Å². The van der Waals surface area contributed by atoms with Crippen molar-refractivity contribution in [1.29, 1.82) is 0 Å². The Hall–Kier alpha value is -3.26. The third-order valence-electron chi connectivity index (χ3n) is 4.97. The predicted octanol–water partition coefficient (Wildman–Crippen LogP) is 7.52. The second-order valence-electron chi connectivity index (χ2n) is 7.72. The fraction of sp³-hybridized carbons (Fsp3) is 0.280. The molecule has 0 amide bonds. The molecule has 1 heterocycles. The van der Waals surface area contributed by atoms with Crippen molar-refractivity contribution in [2.24, 2.45) is 0 Å². The molecule has 0 unspecified atom stereocenters. The summed E-state index contributed by atoms with van der Waals surface area (Å²) in [7, 11) is 1.16. The summed E-state index contributed by atoms with van der Waals surface area (Å²) in [6.07, 6.45) is -9.96. The molecular formula is C25H19BrF6O6S. The van der Waals surface area contributed by atoms with Gasteiger partial charge in [-0.15, -0.1) is 11.3 Å². The van der Waals surface area contributed by atoms with E-state index in [0.29, 0.717) is 27.0 Å². The molecule has 0 bridgehead atoms. The van der Waals surface area contributed by atoms with E-state index >= 15 is 0 Å². The van der Waals surface area contributed by atoms with Crippen LogP contribution in [0.3, 0.4) is 0 Å². The number of carbonyl (C=O) groups excluding carboxylic acids is 2. The lowest BCUT2D eigenvalue weighted by atomic mass is 10.1. The van der Waals surface area contributed by atoms with Gasteiger partial charge in [-0.25, -0.2) is 9.59 Å². The molecule has 1 aromatic heterocycles. The van der Waals surface area contributed by atoms with E-state index in [-0.39, 0.29) is 34.6 Å². The van der Waals surface area contributed by atoms with Gasteiger partial charge in [-0.2, -0.15) is 26.3 Å². The van der Waals surface area contributed by atoms with Gasteiger partial charge in [-0.05, 0) is 64.3 Å². The van der Waals surface area contributed by atoms with Gasteiger partial charge in [-0.1, -0.05) is 12.1 Å². The summed E-state index contributed by atoms with van der Waals surface area (Å²) in [6.45, 7) is 0.691. The Morgan fingerprint density at radius 2 is 1.59 bits per heavy atom. The van der Waals surface area contributed by atoms with Gasteiger partial charge < -0.3 is 18.9 Å². The van der Waals surface area contributed by atoms with Gasteiger partial charge in [0.1, 0.15) is 12.4 Å². The van der Waals surface area contributed by atoms with E-state index < -0.39 is 48.6 Å². The molecule has 3 rings (SSSR count). The molecule has 14 heteroatoms. The van der Waals surface area contributed by atoms with Crippen molar-refractivity contribution in [2.75, 3.05) is 20.3 Å². The molecule has 0 spiro atoms. The van der Waals surface area contributed by atoms with Crippen molar-refractivity contribution < 1.29 is 54.9 Å². The zero-order valence-corrected chi connectivity index (χ0v) is 22.6. The zero-order valence-electron chi connectivity index (χ0n) is 20.2. The van der Waals surface area contributed by atoms with E-state index in [4.69, 9.17) is 18.9 Å². The van der Waals surface area contributed by atoms with Crippen LogP contribution in [-0.2, 0) is 33.2 Å². The van der Waals surface area contributed by atoms with Crippen LogP contribution in [0, 0.1) is 0 Å². The van der Waals surface area contributed by atoms with E-state index in [9.17, 15) is 35.9 Å². The molecule has 0 aliphatic heterocycles. The molecule has 210 valence electrons. The van der Waals surface area contributed by atoms with Crippen LogP contribution in [0.25, 0.3) is 10.4 Å². The number of methoxy groups -OCH3 is 1. The SMILES string of the molecule is CCOC(=O)COc1c(C(=O)OC)sc(-c2cccc(OCc3cc(C(F)(F)F)cc(C(F)(F)F)c3)c2)c1Br. The van der Waals surface area contributed by atoms with Gasteiger partial charge in [-0.3, -0.25) is 0 Å². The average molecular weight is 641 g/mol. The number of halogens is 7. The molecule has 0 atom stereocenters. The number of rotatable bonds is 9. The summed E-state index contributed by atoms with van der Waals surface area (Å²) in [5.74, 6) is -1.23. The first kappa shape index (κ1) is 30.3. The van der Waals surface area contributed by atoms with Crippen molar-refractivity contribution in [3.63, 3.8) is 0 Å². The highest BCUT2D eigenvalue weighted by atomic mass is 79.9. The second-order valence-corrected chi connectivity index (χ2v) is 9.53. The molecule has 3 aromatic rings. The maximum atomic E-state index is 13.2. The first-order valence-electron chi connectivity index (χ1n) is 10.9. The standard InChI is InChI=1S/C25H19BrF6O6S/c1-3-36-18(33)12-38-20-19(26)21(39-22(20)23(34)35-2)14-5-4-6-17(9-14)37-11-13-7-15(24(27,28)29)10-16(8-13)25(30,31)32/h4-10H,3,11-12H2,1-2H3. The maximum absolute atomic E-state index is 13.2. The average Bonchev–Trinajstić information content (AvgIpc) is 3.21. The summed E-state index contributed by atoms with van der Waals surface area (Å²) in [6, 6.07) is 7.33. The molecule has 39 heavy (non-hydrogen) atoms. The lowest BCUT2D eigenvalue weighted by Gasteiger charge is -2.15. The summed E-state index contributed by atoms with van der Waals surface area (Å²) < 4.78 is 99.8. The van der Waals surface area contributed by atoms with Gasteiger partial charge in [0.2, 0.25) is 0 Å². The smallest absolute Gasteiger partial charge is 0.416 e. The minimum atomic E-state index is -4.98. The van der Waals surface area contributed by atoms with Gasteiger partial charge in [0.15, 0.2) is 17.2 Å². The van der Waals surface area contributed by atoms with E-state index in [0.717, 1.165) is 18.4 Å². The molecule has 0 N–H and O–H groups in total. The quantitative estimate of drug-likeness (QED) is 0.178. The summed E-state index contributed by atoms with van der Waals surface area (Å²) in [5.41, 5.74) is -2.75. The highest BCUT2D eigenvalue weighted by molar-refractivity contribution is 9.10. The summed E-state index contributed by atoms with van der Waals surface area (Å²) >= 11 is 4.32. The Labute approximate surface area is 230 Å². The number of ether oxygens (including phenoxy) is 4. The van der Waals surface area contributed by atoms with Crippen LogP contribution in [0.4, 0.5) is 26.3 Å². The summed E-state index contributed by atoms with van der Waals surface area (Å²) in [4.78, 5) is 24.5. The Morgan fingerprint density at radius 1 is 0.949 bits per heavy atom. The fourth-order valence-electron chi connectivity index (χ4n) is 3.27. The van der Waals surface area contributed by atoms with Gasteiger partial charge in [0, 0.05) is 0 Å². The number of alkyl halides is 6. The zero-order chi connectivity index (χ0) is 29.0. The minimum Gasteiger partial charge on any atom is -0.489 e. The minimum absolute atomic E-state index is 0.0323. The topological polar surface area (TPSA) is 71.1 Å². The first-order valence-corrected chi connectivity index (χ1v) is 12.6. The Morgan fingerprint density at radius 3 is 2.15 bits per heavy atom. The number of carbonyl (C=O) groups is 2. The highest BCUT2D eigenvalue weighted by Gasteiger charge is 2.37. The predicted molar refractivity (Wildman–Crippen MR) is 132 cm³/mol. The molecule has 0 aliphatic rings. The lowest BCUT2D eigenvalue weighted by molar-refractivity contribution is -0.145. The van der Waals surface area contributed by atoms with Crippen LogP contribution in [0.2, 0.25) is 0 Å². The van der Waals surface area contributed by atoms with Crippen molar-refractivity contribution in [3.8, 4) is 21.9 Å². The monoisotopic (exact) mass is 640 g/mol. The van der Waals surface area contributed by atoms with E-state index in [1.54, 1.807) is 19.1 Å². The van der Waals surface area contributed by atoms with Crippen molar-refractivity contribution in [1.82, 2.24) is 0 Å². The van der Waals surface area contributed by atoms with Crippen molar-refractivity contribution >= 4 is 39.2 Å². The molecule has 0 saturated carbocycles. The maximum Gasteiger partial charge on any atom is 0.416 e. The first-order chi connectivity index (χ1) is 18.2. The summed E-state index contributed by atoms with van der Waals surface area (Å²) in [5, 5.41) is 0. The largest absolute Gasteiger partial charge is 0.489 e. The van der Waals surface area contributed by atoms with Gasteiger partial charge in [0.25, 0.3) is 0 Å².